The lowest BCUT2D eigenvalue weighted by Gasteiger charge is -2.38. The van der Waals surface area contributed by atoms with Crippen molar-refractivity contribution < 1.29 is 5.11 Å². The lowest BCUT2D eigenvalue weighted by atomic mass is 9.81. The minimum atomic E-state index is -0.428. The van der Waals surface area contributed by atoms with Crippen LogP contribution in [0.15, 0.2) is 41.8 Å². The summed E-state index contributed by atoms with van der Waals surface area (Å²) in [4.78, 5) is 4.01. The smallest absolute Gasteiger partial charge is 0.0853 e. The van der Waals surface area contributed by atoms with Crippen LogP contribution in [-0.2, 0) is 13.0 Å². The first-order valence-electron chi connectivity index (χ1n) is 7.57. The quantitative estimate of drug-likeness (QED) is 0.927. The summed E-state index contributed by atoms with van der Waals surface area (Å²) in [5.74, 6) is 0. The van der Waals surface area contributed by atoms with Gasteiger partial charge < -0.3 is 5.11 Å². The number of fused-ring (bicyclic) bond motifs is 1. The fourth-order valence-electron chi connectivity index (χ4n) is 3.19. The Morgan fingerprint density at radius 2 is 2.00 bits per heavy atom. The van der Waals surface area contributed by atoms with Crippen LogP contribution >= 0.6 is 11.3 Å². The highest BCUT2D eigenvalue weighted by atomic mass is 32.1. The lowest BCUT2D eigenvalue weighted by molar-refractivity contribution is 0.0171. The third-order valence-corrected chi connectivity index (χ3v) is 5.40. The van der Waals surface area contributed by atoms with Gasteiger partial charge in [0.05, 0.1) is 6.10 Å². The second-order valence-electron chi connectivity index (χ2n) is 6.63. The fourth-order valence-corrected chi connectivity index (χ4v) is 4.08. The van der Waals surface area contributed by atoms with E-state index in [4.69, 9.17) is 0 Å². The van der Waals surface area contributed by atoms with Crippen LogP contribution in [0.4, 0.5) is 0 Å². The molecule has 1 aliphatic rings. The number of aliphatic hydroxyl groups is 1. The molecule has 3 rings (SSSR count). The topological polar surface area (TPSA) is 23.5 Å². The average molecular weight is 301 g/mol. The van der Waals surface area contributed by atoms with Crippen LogP contribution in [0, 0.1) is 5.41 Å². The summed E-state index contributed by atoms with van der Waals surface area (Å²) in [6.07, 6.45) is 0.715. The predicted octanol–water partition coefficient (Wildman–Crippen LogP) is 3.87. The molecule has 0 aliphatic carbocycles. The molecule has 2 aromatic rings. The predicted molar refractivity (Wildman–Crippen MR) is 88.5 cm³/mol. The largest absolute Gasteiger partial charge is 0.388 e. The Labute approximate surface area is 131 Å². The molecular formula is C18H23NOS. The molecule has 0 bridgehead atoms. The van der Waals surface area contributed by atoms with E-state index in [2.05, 4.69) is 30.2 Å². The van der Waals surface area contributed by atoms with Crippen LogP contribution in [0.3, 0.4) is 0 Å². The summed E-state index contributed by atoms with van der Waals surface area (Å²) in [6.45, 7) is 7.35. The minimum absolute atomic E-state index is 0.158. The highest BCUT2D eigenvalue weighted by molar-refractivity contribution is 7.10. The van der Waals surface area contributed by atoms with Crippen molar-refractivity contribution in [3.8, 4) is 0 Å². The van der Waals surface area contributed by atoms with Crippen molar-refractivity contribution in [2.24, 2.45) is 5.41 Å². The van der Waals surface area contributed by atoms with Gasteiger partial charge in [0.25, 0.3) is 0 Å². The van der Waals surface area contributed by atoms with Gasteiger partial charge >= 0.3 is 0 Å². The lowest BCUT2D eigenvalue weighted by Crippen LogP contribution is -2.40. The summed E-state index contributed by atoms with van der Waals surface area (Å²) in [7, 11) is 0. The van der Waals surface area contributed by atoms with Crippen molar-refractivity contribution in [3.63, 3.8) is 0 Å². The summed E-state index contributed by atoms with van der Waals surface area (Å²) < 4.78 is 0. The molecule has 1 atom stereocenters. The monoisotopic (exact) mass is 301 g/mol. The number of thiophene rings is 1. The fraction of sp³-hybridized carbons (Fsp3) is 0.444. The first kappa shape index (κ1) is 14.8. The SMILES string of the molecule is CC(C)(CN1CCc2sccc2C1)C(O)c1ccccc1. The Morgan fingerprint density at radius 3 is 2.76 bits per heavy atom. The van der Waals surface area contributed by atoms with Crippen molar-refractivity contribution in [1.82, 2.24) is 4.90 Å². The van der Waals surface area contributed by atoms with Crippen LogP contribution in [0.5, 0.6) is 0 Å². The second-order valence-corrected chi connectivity index (χ2v) is 7.63. The molecule has 1 aromatic heterocycles. The van der Waals surface area contributed by atoms with Crippen LogP contribution in [0.1, 0.15) is 36.0 Å². The maximum Gasteiger partial charge on any atom is 0.0853 e. The Bertz CT molecular complexity index is 590. The Hall–Kier alpha value is -1.16. The van der Waals surface area contributed by atoms with E-state index in [0.29, 0.717) is 0 Å². The second kappa shape index (κ2) is 5.91. The molecule has 0 radical (unpaired) electrons. The van der Waals surface area contributed by atoms with Gasteiger partial charge in [-0.05, 0) is 29.0 Å². The molecule has 21 heavy (non-hydrogen) atoms. The van der Waals surface area contributed by atoms with E-state index in [1.165, 1.54) is 10.4 Å². The molecule has 1 aliphatic heterocycles. The minimum Gasteiger partial charge on any atom is -0.388 e. The molecular weight excluding hydrogens is 278 g/mol. The molecule has 2 nitrogen and oxygen atoms in total. The Morgan fingerprint density at radius 1 is 1.24 bits per heavy atom. The highest BCUT2D eigenvalue weighted by Crippen LogP contribution is 2.35. The third kappa shape index (κ3) is 3.20. The first-order valence-corrected chi connectivity index (χ1v) is 8.45. The van der Waals surface area contributed by atoms with Crippen LogP contribution in [0.25, 0.3) is 0 Å². The van der Waals surface area contributed by atoms with Gasteiger partial charge in [0, 0.05) is 29.9 Å². The van der Waals surface area contributed by atoms with Crippen LogP contribution in [0.2, 0.25) is 0 Å². The maximum atomic E-state index is 10.7. The molecule has 2 heterocycles. The molecule has 0 saturated heterocycles. The summed E-state index contributed by atoms with van der Waals surface area (Å²) >= 11 is 1.87. The molecule has 112 valence electrons. The highest BCUT2D eigenvalue weighted by Gasteiger charge is 2.32. The number of hydrogen-bond donors (Lipinski definition) is 1. The van der Waals surface area contributed by atoms with Gasteiger partial charge in [-0.3, -0.25) is 4.90 Å². The van der Waals surface area contributed by atoms with E-state index >= 15 is 0 Å². The average Bonchev–Trinajstić information content (AvgIpc) is 2.94. The van der Waals surface area contributed by atoms with Gasteiger partial charge in [0.15, 0.2) is 0 Å². The molecule has 1 N–H and O–H groups in total. The van der Waals surface area contributed by atoms with Gasteiger partial charge in [0.2, 0.25) is 0 Å². The standard InChI is InChI=1S/C18H23NOS/c1-18(2,17(20)14-6-4-3-5-7-14)13-19-10-8-16-15(12-19)9-11-21-16/h3-7,9,11,17,20H,8,10,12-13H2,1-2H3. The maximum absolute atomic E-state index is 10.7. The molecule has 0 saturated carbocycles. The van der Waals surface area contributed by atoms with E-state index in [9.17, 15) is 5.11 Å². The van der Waals surface area contributed by atoms with E-state index in [-0.39, 0.29) is 5.41 Å². The van der Waals surface area contributed by atoms with E-state index in [1.807, 2.05) is 41.7 Å². The molecule has 0 spiro atoms. The number of aliphatic hydroxyl groups excluding tert-OH is 1. The van der Waals surface area contributed by atoms with Crippen molar-refractivity contribution in [2.45, 2.75) is 32.9 Å². The zero-order chi connectivity index (χ0) is 14.9. The molecule has 0 amide bonds. The van der Waals surface area contributed by atoms with Gasteiger partial charge in [-0.2, -0.15) is 0 Å². The number of benzene rings is 1. The summed E-state index contributed by atoms with van der Waals surface area (Å²) in [5, 5.41) is 12.9. The van der Waals surface area contributed by atoms with Crippen molar-refractivity contribution >= 4 is 11.3 Å². The van der Waals surface area contributed by atoms with Crippen molar-refractivity contribution in [3.05, 3.63) is 57.8 Å². The first-order chi connectivity index (χ1) is 10.1. The molecule has 0 fully saturated rings. The van der Waals surface area contributed by atoms with Crippen LogP contribution < -0.4 is 0 Å². The zero-order valence-corrected chi connectivity index (χ0v) is 13.6. The van der Waals surface area contributed by atoms with Gasteiger partial charge in [-0.1, -0.05) is 44.2 Å². The summed E-state index contributed by atoms with van der Waals surface area (Å²) in [5.41, 5.74) is 2.32. The number of nitrogens with zero attached hydrogens (tertiary/aromatic N) is 1. The molecule has 1 aromatic carbocycles. The van der Waals surface area contributed by atoms with E-state index in [0.717, 1.165) is 31.6 Å². The number of hydrogen-bond acceptors (Lipinski definition) is 3. The third-order valence-electron chi connectivity index (χ3n) is 4.37. The van der Waals surface area contributed by atoms with E-state index in [1.54, 1.807) is 0 Å². The Balaban J connectivity index is 1.69. The van der Waals surface area contributed by atoms with Gasteiger partial charge in [-0.15, -0.1) is 11.3 Å². The van der Waals surface area contributed by atoms with Crippen molar-refractivity contribution in [2.75, 3.05) is 13.1 Å². The number of rotatable bonds is 4. The molecule has 1 unspecified atom stereocenters. The van der Waals surface area contributed by atoms with Gasteiger partial charge in [0.1, 0.15) is 0 Å². The van der Waals surface area contributed by atoms with E-state index < -0.39 is 6.10 Å². The Kier molecular flexibility index (Phi) is 4.16. The molecule has 3 heteroatoms. The normalized spacial score (nSPS) is 17.5. The van der Waals surface area contributed by atoms with Crippen LogP contribution in [-0.4, -0.2) is 23.1 Å². The van der Waals surface area contributed by atoms with Gasteiger partial charge in [-0.25, -0.2) is 0 Å². The zero-order valence-electron chi connectivity index (χ0n) is 12.7. The van der Waals surface area contributed by atoms with Crippen molar-refractivity contribution in [1.29, 1.82) is 0 Å². The summed E-state index contributed by atoms with van der Waals surface area (Å²) in [6, 6.07) is 12.2.